The predicted molar refractivity (Wildman–Crippen MR) is 70.0 cm³/mol. The first kappa shape index (κ1) is 10.9. The molecule has 0 amide bonds. The molecule has 3 heterocycles. The summed E-state index contributed by atoms with van der Waals surface area (Å²) in [6.45, 7) is 1.99. The highest BCUT2D eigenvalue weighted by molar-refractivity contribution is 7.19. The van der Waals surface area contributed by atoms with Crippen LogP contribution in [-0.4, -0.2) is 15.1 Å². The van der Waals surface area contributed by atoms with Crippen molar-refractivity contribution in [3.05, 3.63) is 36.0 Å². The molecule has 5 nitrogen and oxygen atoms in total. The van der Waals surface area contributed by atoms with Crippen LogP contribution >= 0.6 is 11.3 Å². The SMILES string of the molecule is Cc1ccnc(-c2noc(-c3ccc(N)s3)n2)c1. The second-order valence-corrected chi connectivity index (χ2v) is 4.96. The fourth-order valence-electron chi connectivity index (χ4n) is 1.55. The highest BCUT2D eigenvalue weighted by Crippen LogP contribution is 2.29. The van der Waals surface area contributed by atoms with Crippen LogP contribution in [0.3, 0.4) is 0 Å². The second kappa shape index (κ2) is 4.23. The summed E-state index contributed by atoms with van der Waals surface area (Å²) < 4.78 is 5.21. The van der Waals surface area contributed by atoms with E-state index < -0.39 is 0 Å². The maximum absolute atomic E-state index is 5.67. The fourth-order valence-corrected chi connectivity index (χ4v) is 2.25. The molecule has 0 bridgehead atoms. The average Bonchev–Trinajstić information content (AvgIpc) is 2.97. The van der Waals surface area contributed by atoms with E-state index in [9.17, 15) is 0 Å². The summed E-state index contributed by atoms with van der Waals surface area (Å²) in [6, 6.07) is 7.51. The molecule has 3 aromatic rings. The lowest BCUT2D eigenvalue weighted by Crippen LogP contribution is -1.86. The first-order chi connectivity index (χ1) is 8.72. The van der Waals surface area contributed by atoms with Gasteiger partial charge < -0.3 is 10.3 Å². The smallest absolute Gasteiger partial charge is 0.268 e. The van der Waals surface area contributed by atoms with Crippen LogP contribution in [0.5, 0.6) is 0 Å². The molecule has 0 aliphatic rings. The Morgan fingerprint density at radius 1 is 1.28 bits per heavy atom. The van der Waals surface area contributed by atoms with E-state index in [0.29, 0.717) is 17.4 Å². The van der Waals surface area contributed by atoms with Gasteiger partial charge in [-0.3, -0.25) is 4.98 Å². The first-order valence-corrected chi connectivity index (χ1v) is 6.16. The Labute approximate surface area is 107 Å². The van der Waals surface area contributed by atoms with Gasteiger partial charge in [0.05, 0.1) is 9.88 Å². The Balaban J connectivity index is 1.99. The van der Waals surface area contributed by atoms with E-state index in [1.165, 1.54) is 11.3 Å². The van der Waals surface area contributed by atoms with Crippen molar-refractivity contribution in [3.8, 4) is 22.3 Å². The van der Waals surface area contributed by atoms with Crippen LogP contribution in [0.25, 0.3) is 22.3 Å². The van der Waals surface area contributed by atoms with Gasteiger partial charge in [0.2, 0.25) is 5.82 Å². The van der Waals surface area contributed by atoms with Gasteiger partial charge in [-0.05, 0) is 36.8 Å². The molecule has 0 radical (unpaired) electrons. The van der Waals surface area contributed by atoms with Crippen LogP contribution in [0.1, 0.15) is 5.56 Å². The van der Waals surface area contributed by atoms with Gasteiger partial charge in [0.25, 0.3) is 5.89 Å². The van der Waals surface area contributed by atoms with Gasteiger partial charge in [-0.1, -0.05) is 5.16 Å². The molecule has 18 heavy (non-hydrogen) atoms. The zero-order chi connectivity index (χ0) is 12.5. The molecule has 6 heteroatoms. The molecule has 0 aromatic carbocycles. The lowest BCUT2D eigenvalue weighted by molar-refractivity contribution is 0.433. The number of thiophene rings is 1. The van der Waals surface area contributed by atoms with Crippen LogP contribution in [-0.2, 0) is 0 Å². The topological polar surface area (TPSA) is 77.8 Å². The molecule has 0 saturated carbocycles. The minimum absolute atomic E-state index is 0.468. The van der Waals surface area contributed by atoms with Crippen LogP contribution in [0, 0.1) is 6.92 Å². The number of pyridine rings is 1. The van der Waals surface area contributed by atoms with Gasteiger partial charge >= 0.3 is 0 Å². The molecule has 0 aliphatic heterocycles. The van der Waals surface area contributed by atoms with Crippen LogP contribution in [0.15, 0.2) is 35.0 Å². The number of nitrogens with zero attached hydrogens (tertiary/aromatic N) is 3. The molecule has 2 N–H and O–H groups in total. The molecule has 90 valence electrons. The highest BCUT2D eigenvalue weighted by atomic mass is 32.1. The van der Waals surface area contributed by atoms with Gasteiger partial charge in [0, 0.05) is 6.20 Å². The predicted octanol–water partition coefficient (Wildman–Crippen LogP) is 2.75. The second-order valence-electron chi connectivity index (χ2n) is 3.84. The van der Waals surface area contributed by atoms with E-state index in [1.807, 2.05) is 31.2 Å². The molecule has 3 aromatic heterocycles. The normalized spacial score (nSPS) is 10.7. The van der Waals surface area contributed by atoms with Crippen molar-refractivity contribution in [1.29, 1.82) is 0 Å². The number of aryl methyl sites for hydroxylation is 1. The zero-order valence-corrected chi connectivity index (χ0v) is 10.4. The monoisotopic (exact) mass is 258 g/mol. The summed E-state index contributed by atoms with van der Waals surface area (Å²) in [6.07, 6.45) is 1.73. The maximum atomic E-state index is 5.67. The van der Waals surface area contributed by atoms with E-state index in [0.717, 1.165) is 15.4 Å². The van der Waals surface area contributed by atoms with Gasteiger partial charge in [-0.2, -0.15) is 4.98 Å². The van der Waals surface area contributed by atoms with Crippen molar-refractivity contribution in [2.45, 2.75) is 6.92 Å². The average molecular weight is 258 g/mol. The Morgan fingerprint density at radius 2 is 2.17 bits per heavy atom. The summed E-state index contributed by atoms with van der Waals surface area (Å²) in [7, 11) is 0. The molecule has 3 rings (SSSR count). The summed E-state index contributed by atoms with van der Waals surface area (Å²) in [5.74, 6) is 0.954. The van der Waals surface area contributed by atoms with Crippen molar-refractivity contribution in [3.63, 3.8) is 0 Å². The Kier molecular flexibility index (Phi) is 2.56. The molecular formula is C12H10N4OS. The fraction of sp³-hybridized carbons (Fsp3) is 0.0833. The van der Waals surface area contributed by atoms with E-state index in [2.05, 4.69) is 15.1 Å². The lowest BCUT2D eigenvalue weighted by atomic mass is 10.2. The molecule has 0 unspecified atom stereocenters. The summed E-state index contributed by atoms with van der Waals surface area (Å²) >= 11 is 1.41. The summed E-state index contributed by atoms with van der Waals surface area (Å²) in [5.41, 5.74) is 7.48. The van der Waals surface area contributed by atoms with E-state index >= 15 is 0 Å². The van der Waals surface area contributed by atoms with Crippen molar-refractivity contribution in [2.24, 2.45) is 0 Å². The number of hydrogen-bond donors (Lipinski definition) is 1. The van der Waals surface area contributed by atoms with Crippen LogP contribution in [0.4, 0.5) is 5.00 Å². The maximum Gasteiger partial charge on any atom is 0.268 e. The largest absolute Gasteiger partial charge is 0.391 e. The number of nitrogen functional groups attached to an aromatic ring is 1. The number of rotatable bonds is 2. The Hall–Kier alpha value is -2.21. The third kappa shape index (κ3) is 1.98. The van der Waals surface area contributed by atoms with Gasteiger partial charge in [0.15, 0.2) is 0 Å². The lowest BCUT2D eigenvalue weighted by Gasteiger charge is -1.93. The third-order valence-electron chi connectivity index (χ3n) is 2.41. The summed E-state index contributed by atoms with van der Waals surface area (Å²) in [5, 5.41) is 4.65. The van der Waals surface area contributed by atoms with Crippen molar-refractivity contribution < 1.29 is 4.52 Å². The molecule has 0 spiro atoms. The molecule has 0 saturated heterocycles. The number of aromatic nitrogens is 3. The highest BCUT2D eigenvalue weighted by Gasteiger charge is 2.12. The Bertz CT molecular complexity index is 689. The third-order valence-corrected chi connectivity index (χ3v) is 3.31. The van der Waals surface area contributed by atoms with Gasteiger partial charge in [0.1, 0.15) is 5.69 Å². The zero-order valence-electron chi connectivity index (χ0n) is 9.62. The number of hydrogen-bond acceptors (Lipinski definition) is 6. The van der Waals surface area contributed by atoms with E-state index in [-0.39, 0.29) is 0 Å². The summed E-state index contributed by atoms with van der Waals surface area (Å²) in [4.78, 5) is 9.40. The molecule has 0 fully saturated rings. The first-order valence-electron chi connectivity index (χ1n) is 5.35. The van der Waals surface area contributed by atoms with Crippen molar-refractivity contribution in [1.82, 2.24) is 15.1 Å². The van der Waals surface area contributed by atoms with E-state index in [1.54, 1.807) is 6.20 Å². The molecule has 0 aliphatic carbocycles. The standard InChI is InChI=1S/C12H10N4OS/c1-7-4-5-14-8(6-7)11-15-12(17-16-11)9-2-3-10(13)18-9/h2-6H,13H2,1H3. The van der Waals surface area contributed by atoms with Crippen LogP contribution in [0.2, 0.25) is 0 Å². The molecular weight excluding hydrogens is 248 g/mol. The minimum atomic E-state index is 0.468. The Morgan fingerprint density at radius 3 is 2.89 bits per heavy atom. The van der Waals surface area contributed by atoms with E-state index in [4.69, 9.17) is 10.3 Å². The van der Waals surface area contributed by atoms with Gasteiger partial charge in [-0.25, -0.2) is 0 Å². The van der Waals surface area contributed by atoms with Crippen LogP contribution < -0.4 is 5.73 Å². The van der Waals surface area contributed by atoms with Crippen molar-refractivity contribution >= 4 is 16.3 Å². The number of anilines is 1. The molecule has 0 atom stereocenters. The number of nitrogens with two attached hydrogens (primary N) is 1. The van der Waals surface area contributed by atoms with Crippen molar-refractivity contribution in [2.75, 3.05) is 5.73 Å². The van der Waals surface area contributed by atoms with Gasteiger partial charge in [-0.15, -0.1) is 11.3 Å². The minimum Gasteiger partial charge on any atom is -0.391 e. The quantitative estimate of drug-likeness (QED) is 0.764.